The molecule has 19 heavy (non-hydrogen) atoms. The van der Waals surface area contributed by atoms with Gasteiger partial charge in [0.15, 0.2) is 0 Å². The Balaban J connectivity index is 1.85. The molecule has 6 heteroatoms. The fourth-order valence-corrected chi connectivity index (χ4v) is 2.35. The van der Waals surface area contributed by atoms with E-state index in [2.05, 4.69) is 46.0 Å². The summed E-state index contributed by atoms with van der Waals surface area (Å²) in [6.45, 7) is 4.97. The zero-order chi connectivity index (χ0) is 13.2. The number of hydrogen-bond acceptors (Lipinski definition) is 5. The number of aryl methyl sites for hydroxylation is 1. The Morgan fingerprint density at radius 3 is 3.00 bits per heavy atom. The van der Waals surface area contributed by atoms with E-state index in [0.29, 0.717) is 6.04 Å². The van der Waals surface area contributed by atoms with E-state index >= 15 is 0 Å². The van der Waals surface area contributed by atoms with Crippen molar-refractivity contribution >= 4 is 5.69 Å². The minimum Gasteiger partial charge on any atom is -0.380 e. The Hall–Kier alpha value is -1.95. The van der Waals surface area contributed by atoms with Crippen LogP contribution in [0.3, 0.4) is 0 Å². The predicted molar refractivity (Wildman–Crippen MR) is 71.3 cm³/mol. The third kappa shape index (κ3) is 2.44. The first-order valence-corrected chi connectivity index (χ1v) is 6.46. The Morgan fingerprint density at radius 2 is 2.32 bits per heavy atom. The average Bonchev–Trinajstić information content (AvgIpc) is 3.04. The van der Waals surface area contributed by atoms with Crippen LogP contribution in [-0.2, 0) is 4.74 Å². The molecule has 2 unspecified atom stereocenters. The van der Waals surface area contributed by atoms with Crippen LogP contribution in [0, 0.1) is 6.92 Å². The number of rotatable bonds is 3. The molecule has 0 saturated carbocycles. The summed E-state index contributed by atoms with van der Waals surface area (Å²) in [5.74, 6) is 0. The molecule has 1 saturated heterocycles. The van der Waals surface area contributed by atoms with Gasteiger partial charge in [0.1, 0.15) is 6.33 Å². The fraction of sp³-hybridized carbons (Fsp3) is 0.462. The van der Waals surface area contributed by atoms with Gasteiger partial charge in [0.2, 0.25) is 0 Å². The van der Waals surface area contributed by atoms with Crippen LogP contribution >= 0.6 is 0 Å². The molecule has 0 amide bonds. The monoisotopic (exact) mass is 259 g/mol. The van der Waals surface area contributed by atoms with E-state index in [1.807, 2.05) is 6.92 Å². The highest BCUT2D eigenvalue weighted by Crippen LogP contribution is 2.22. The van der Waals surface area contributed by atoms with Crippen LogP contribution in [0.15, 0.2) is 24.5 Å². The average molecular weight is 259 g/mol. The Labute approximate surface area is 111 Å². The molecular formula is C13H17N5O. The number of aromatic nitrogens is 4. The van der Waals surface area contributed by atoms with Gasteiger partial charge in [0.25, 0.3) is 0 Å². The highest BCUT2D eigenvalue weighted by molar-refractivity contribution is 5.55. The van der Waals surface area contributed by atoms with Crippen molar-refractivity contribution in [2.45, 2.75) is 32.4 Å². The molecular weight excluding hydrogens is 242 g/mol. The summed E-state index contributed by atoms with van der Waals surface area (Å²) < 4.78 is 7.24. The molecule has 1 aliphatic heterocycles. The minimum absolute atomic E-state index is 0.248. The lowest BCUT2D eigenvalue weighted by Crippen LogP contribution is -2.26. The number of benzene rings is 1. The van der Waals surface area contributed by atoms with Crippen molar-refractivity contribution < 1.29 is 4.74 Å². The summed E-state index contributed by atoms with van der Waals surface area (Å²) in [5, 5.41) is 14.8. The van der Waals surface area contributed by atoms with E-state index in [1.165, 1.54) is 0 Å². The molecule has 3 rings (SSSR count). The van der Waals surface area contributed by atoms with Gasteiger partial charge in [0, 0.05) is 12.3 Å². The van der Waals surface area contributed by atoms with Crippen LogP contribution < -0.4 is 5.32 Å². The van der Waals surface area contributed by atoms with Crippen LogP contribution in [0.4, 0.5) is 5.69 Å². The summed E-state index contributed by atoms with van der Waals surface area (Å²) in [7, 11) is 0. The second kappa shape index (κ2) is 4.97. The van der Waals surface area contributed by atoms with Crippen LogP contribution in [0.5, 0.6) is 0 Å². The Morgan fingerprint density at radius 1 is 1.42 bits per heavy atom. The molecule has 1 aromatic carbocycles. The Bertz CT molecular complexity index is 554. The topological polar surface area (TPSA) is 64.9 Å². The van der Waals surface area contributed by atoms with Gasteiger partial charge in [-0.05, 0) is 48.4 Å². The molecule has 2 atom stereocenters. The third-order valence-corrected chi connectivity index (χ3v) is 3.53. The molecule has 0 aliphatic carbocycles. The maximum atomic E-state index is 5.56. The third-order valence-electron chi connectivity index (χ3n) is 3.53. The first-order valence-electron chi connectivity index (χ1n) is 6.46. The van der Waals surface area contributed by atoms with Gasteiger partial charge in [-0.2, -0.15) is 0 Å². The first kappa shape index (κ1) is 12.1. The second-order valence-corrected chi connectivity index (χ2v) is 4.87. The van der Waals surface area contributed by atoms with Crippen LogP contribution in [0.2, 0.25) is 0 Å². The molecule has 0 spiro atoms. The molecule has 2 aromatic rings. The molecule has 0 radical (unpaired) electrons. The predicted octanol–water partition coefficient (Wildman–Crippen LogP) is 1.56. The van der Waals surface area contributed by atoms with E-state index < -0.39 is 0 Å². The first-order chi connectivity index (χ1) is 9.24. The fourth-order valence-electron chi connectivity index (χ4n) is 2.35. The lowest BCUT2D eigenvalue weighted by Gasteiger charge is -2.18. The van der Waals surface area contributed by atoms with Gasteiger partial charge in [0.05, 0.1) is 17.8 Å². The number of anilines is 1. The lowest BCUT2D eigenvalue weighted by molar-refractivity contribution is 0.121. The Kier molecular flexibility index (Phi) is 3.16. The van der Waals surface area contributed by atoms with Crippen molar-refractivity contribution in [2.75, 3.05) is 11.9 Å². The van der Waals surface area contributed by atoms with Crippen molar-refractivity contribution in [2.24, 2.45) is 0 Å². The van der Waals surface area contributed by atoms with Crippen LogP contribution in [0.1, 0.15) is 18.9 Å². The summed E-state index contributed by atoms with van der Waals surface area (Å²) in [6, 6.07) is 6.58. The molecule has 1 aromatic heterocycles. The van der Waals surface area contributed by atoms with Crippen molar-refractivity contribution in [3.8, 4) is 5.69 Å². The van der Waals surface area contributed by atoms with E-state index in [1.54, 1.807) is 11.0 Å². The SMILES string of the molecule is Cc1ccc(NC2CCOC2C)cc1-n1cnnn1. The number of hydrogen-bond donors (Lipinski definition) is 1. The molecule has 1 fully saturated rings. The van der Waals surface area contributed by atoms with E-state index in [9.17, 15) is 0 Å². The smallest absolute Gasteiger partial charge is 0.143 e. The summed E-state index contributed by atoms with van der Waals surface area (Å²) in [6.07, 6.45) is 2.89. The van der Waals surface area contributed by atoms with E-state index in [0.717, 1.165) is 30.0 Å². The van der Waals surface area contributed by atoms with Gasteiger partial charge in [-0.15, -0.1) is 5.10 Å². The van der Waals surface area contributed by atoms with Gasteiger partial charge < -0.3 is 10.1 Å². The highest BCUT2D eigenvalue weighted by Gasteiger charge is 2.23. The summed E-state index contributed by atoms with van der Waals surface area (Å²) >= 11 is 0. The number of nitrogens with one attached hydrogen (secondary N) is 1. The summed E-state index contributed by atoms with van der Waals surface area (Å²) in [4.78, 5) is 0. The van der Waals surface area contributed by atoms with Crippen molar-refractivity contribution in [3.05, 3.63) is 30.1 Å². The molecule has 6 nitrogen and oxygen atoms in total. The second-order valence-electron chi connectivity index (χ2n) is 4.87. The summed E-state index contributed by atoms with van der Waals surface area (Å²) in [5.41, 5.74) is 3.19. The molecule has 1 N–H and O–H groups in total. The lowest BCUT2D eigenvalue weighted by atomic mass is 10.1. The van der Waals surface area contributed by atoms with Crippen LogP contribution in [0.25, 0.3) is 5.69 Å². The number of ether oxygens (including phenoxy) is 1. The van der Waals surface area contributed by atoms with Gasteiger partial charge in [-0.1, -0.05) is 6.07 Å². The molecule has 100 valence electrons. The van der Waals surface area contributed by atoms with Crippen molar-refractivity contribution in [1.82, 2.24) is 20.2 Å². The quantitative estimate of drug-likeness (QED) is 0.906. The van der Waals surface area contributed by atoms with E-state index in [4.69, 9.17) is 4.74 Å². The van der Waals surface area contributed by atoms with Gasteiger partial charge >= 0.3 is 0 Å². The van der Waals surface area contributed by atoms with Crippen molar-refractivity contribution in [1.29, 1.82) is 0 Å². The zero-order valence-corrected chi connectivity index (χ0v) is 11.1. The van der Waals surface area contributed by atoms with Crippen LogP contribution in [-0.4, -0.2) is 39.0 Å². The van der Waals surface area contributed by atoms with Gasteiger partial charge in [-0.25, -0.2) is 4.68 Å². The van der Waals surface area contributed by atoms with Gasteiger partial charge in [-0.3, -0.25) is 0 Å². The maximum absolute atomic E-state index is 5.56. The molecule has 2 heterocycles. The standard InChI is InChI=1S/C13H17N5O/c1-9-3-4-11(15-12-5-6-19-10(12)2)7-13(9)18-8-14-16-17-18/h3-4,7-8,10,12,15H,5-6H2,1-2H3. The number of nitrogens with zero attached hydrogens (tertiary/aromatic N) is 4. The molecule has 0 bridgehead atoms. The highest BCUT2D eigenvalue weighted by atomic mass is 16.5. The van der Waals surface area contributed by atoms with E-state index in [-0.39, 0.29) is 6.10 Å². The normalized spacial score (nSPS) is 22.6. The van der Waals surface area contributed by atoms with Crippen molar-refractivity contribution in [3.63, 3.8) is 0 Å². The molecule has 1 aliphatic rings. The zero-order valence-electron chi connectivity index (χ0n) is 11.1. The number of tetrazole rings is 1. The largest absolute Gasteiger partial charge is 0.380 e. The maximum Gasteiger partial charge on any atom is 0.143 e. The minimum atomic E-state index is 0.248.